The van der Waals surface area contributed by atoms with E-state index in [9.17, 15) is 4.79 Å². The molecule has 2 rings (SSSR count). The molecule has 1 aromatic rings. The number of piperazine rings is 1. The maximum atomic E-state index is 12.1. The molecule has 0 N–H and O–H groups in total. The van der Waals surface area contributed by atoms with Crippen molar-refractivity contribution < 1.29 is 4.79 Å². The summed E-state index contributed by atoms with van der Waals surface area (Å²) in [6.45, 7) is 9.17. The lowest BCUT2D eigenvalue weighted by molar-refractivity contribution is -0.130. The Morgan fingerprint density at radius 1 is 1.15 bits per heavy atom. The van der Waals surface area contributed by atoms with E-state index >= 15 is 0 Å². The van der Waals surface area contributed by atoms with Crippen LogP contribution in [0.1, 0.15) is 18.1 Å². The Morgan fingerprint density at radius 3 is 2.40 bits per heavy atom. The smallest absolute Gasteiger partial charge is 0.232 e. The molecule has 1 saturated heterocycles. The summed E-state index contributed by atoms with van der Waals surface area (Å²) in [7, 11) is 0. The lowest BCUT2D eigenvalue weighted by Gasteiger charge is -2.34. The van der Waals surface area contributed by atoms with Crippen LogP contribution in [0.25, 0.3) is 0 Å². The van der Waals surface area contributed by atoms with E-state index in [2.05, 4.69) is 43.0 Å². The number of carbonyl (C=O) groups excluding carboxylic acids is 1. The van der Waals surface area contributed by atoms with Gasteiger partial charge in [0, 0.05) is 31.9 Å². The highest BCUT2D eigenvalue weighted by Crippen LogP contribution is 2.14. The second-order valence-corrected chi connectivity index (χ2v) is 6.28. The molecule has 1 heterocycles. The van der Waals surface area contributed by atoms with Gasteiger partial charge in [-0.25, -0.2) is 0 Å². The Labute approximate surface area is 126 Å². The molecular weight excluding hydrogens is 268 g/mol. The fourth-order valence-electron chi connectivity index (χ4n) is 2.35. The highest BCUT2D eigenvalue weighted by Gasteiger charge is 2.19. The quantitative estimate of drug-likeness (QED) is 0.832. The molecule has 0 aromatic heterocycles. The predicted molar refractivity (Wildman–Crippen MR) is 86.0 cm³/mol. The molecule has 1 aromatic carbocycles. The predicted octanol–water partition coefficient (Wildman–Crippen LogP) is 2.39. The number of amides is 1. The van der Waals surface area contributed by atoms with E-state index in [1.807, 2.05) is 4.90 Å². The van der Waals surface area contributed by atoms with Crippen molar-refractivity contribution >= 4 is 17.7 Å². The molecule has 1 aliphatic heterocycles. The van der Waals surface area contributed by atoms with Crippen LogP contribution in [0.5, 0.6) is 0 Å². The molecular formula is C16H24N2OS. The summed E-state index contributed by atoms with van der Waals surface area (Å²) in [5, 5.41) is 0. The molecule has 4 heteroatoms. The largest absolute Gasteiger partial charge is 0.339 e. The maximum Gasteiger partial charge on any atom is 0.232 e. The fraction of sp³-hybridized carbons (Fsp3) is 0.562. The Balaban J connectivity index is 1.69. The van der Waals surface area contributed by atoms with Crippen LogP contribution in [0, 0.1) is 6.92 Å². The average molecular weight is 292 g/mol. The van der Waals surface area contributed by atoms with Crippen molar-refractivity contribution in [2.75, 3.05) is 38.5 Å². The SMILES string of the molecule is CCN1CCN(C(=O)CSCc2ccc(C)cc2)CC1. The van der Waals surface area contributed by atoms with Gasteiger partial charge in [-0.1, -0.05) is 36.8 Å². The zero-order chi connectivity index (χ0) is 14.4. The zero-order valence-electron chi connectivity index (χ0n) is 12.5. The van der Waals surface area contributed by atoms with E-state index in [4.69, 9.17) is 0 Å². The maximum absolute atomic E-state index is 12.1. The minimum Gasteiger partial charge on any atom is -0.339 e. The lowest BCUT2D eigenvalue weighted by Crippen LogP contribution is -2.49. The van der Waals surface area contributed by atoms with Gasteiger partial charge in [0.25, 0.3) is 0 Å². The molecule has 20 heavy (non-hydrogen) atoms. The summed E-state index contributed by atoms with van der Waals surface area (Å²) >= 11 is 1.72. The third-order valence-electron chi connectivity index (χ3n) is 3.79. The van der Waals surface area contributed by atoms with Crippen molar-refractivity contribution in [2.24, 2.45) is 0 Å². The number of carbonyl (C=O) groups is 1. The number of likely N-dealkylation sites (N-methyl/N-ethyl adjacent to an activating group) is 1. The third-order valence-corrected chi connectivity index (χ3v) is 4.78. The van der Waals surface area contributed by atoms with Gasteiger partial charge in [0.15, 0.2) is 0 Å². The van der Waals surface area contributed by atoms with Gasteiger partial charge < -0.3 is 9.80 Å². The van der Waals surface area contributed by atoms with Gasteiger partial charge in [-0.2, -0.15) is 0 Å². The van der Waals surface area contributed by atoms with Crippen LogP contribution in [0.3, 0.4) is 0 Å². The number of nitrogens with zero attached hydrogens (tertiary/aromatic N) is 2. The van der Waals surface area contributed by atoms with Crippen LogP contribution < -0.4 is 0 Å². The Bertz CT molecular complexity index is 425. The molecule has 0 spiro atoms. The van der Waals surface area contributed by atoms with Gasteiger partial charge in [0.2, 0.25) is 5.91 Å². The van der Waals surface area contributed by atoms with Crippen LogP contribution in [-0.4, -0.2) is 54.2 Å². The van der Waals surface area contributed by atoms with E-state index in [0.29, 0.717) is 5.75 Å². The van der Waals surface area contributed by atoms with Gasteiger partial charge in [-0.05, 0) is 19.0 Å². The minimum absolute atomic E-state index is 0.290. The highest BCUT2D eigenvalue weighted by atomic mass is 32.2. The number of thioether (sulfide) groups is 1. The molecule has 0 bridgehead atoms. The van der Waals surface area contributed by atoms with E-state index in [-0.39, 0.29) is 5.91 Å². The first-order valence-corrected chi connectivity index (χ1v) is 8.48. The highest BCUT2D eigenvalue weighted by molar-refractivity contribution is 7.99. The van der Waals surface area contributed by atoms with Crippen molar-refractivity contribution in [3.8, 4) is 0 Å². The molecule has 3 nitrogen and oxygen atoms in total. The standard InChI is InChI=1S/C16H24N2OS/c1-3-17-8-10-18(11-9-17)16(19)13-20-12-15-6-4-14(2)5-7-15/h4-7H,3,8-13H2,1-2H3. The van der Waals surface area contributed by atoms with Crippen molar-refractivity contribution in [1.29, 1.82) is 0 Å². The first-order chi connectivity index (χ1) is 9.69. The Morgan fingerprint density at radius 2 is 1.80 bits per heavy atom. The monoisotopic (exact) mass is 292 g/mol. The van der Waals surface area contributed by atoms with Gasteiger partial charge in [0.05, 0.1) is 5.75 Å². The van der Waals surface area contributed by atoms with Crippen molar-refractivity contribution in [1.82, 2.24) is 9.80 Å². The molecule has 0 unspecified atom stereocenters. The summed E-state index contributed by atoms with van der Waals surface area (Å²) < 4.78 is 0. The van der Waals surface area contributed by atoms with E-state index in [0.717, 1.165) is 38.5 Å². The second-order valence-electron chi connectivity index (χ2n) is 5.29. The Hall–Kier alpha value is -1.00. The first kappa shape index (κ1) is 15.4. The average Bonchev–Trinajstić information content (AvgIpc) is 2.49. The molecule has 0 radical (unpaired) electrons. The van der Waals surface area contributed by atoms with Crippen molar-refractivity contribution in [3.05, 3.63) is 35.4 Å². The fourth-order valence-corrected chi connectivity index (χ4v) is 3.23. The first-order valence-electron chi connectivity index (χ1n) is 7.32. The van der Waals surface area contributed by atoms with Crippen LogP contribution in [-0.2, 0) is 10.5 Å². The van der Waals surface area contributed by atoms with Gasteiger partial charge >= 0.3 is 0 Å². The second kappa shape index (κ2) is 7.70. The summed E-state index contributed by atoms with van der Waals surface area (Å²) in [5.74, 6) is 1.80. The van der Waals surface area contributed by atoms with Crippen LogP contribution in [0.4, 0.5) is 0 Å². The zero-order valence-corrected chi connectivity index (χ0v) is 13.3. The van der Waals surface area contributed by atoms with Crippen LogP contribution >= 0.6 is 11.8 Å². The summed E-state index contributed by atoms with van der Waals surface area (Å²) in [5.41, 5.74) is 2.58. The summed E-state index contributed by atoms with van der Waals surface area (Å²) in [4.78, 5) is 16.5. The molecule has 0 saturated carbocycles. The Kier molecular flexibility index (Phi) is 5.92. The normalized spacial score (nSPS) is 16.4. The molecule has 0 atom stereocenters. The summed E-state index contributed by atoms with van der Waals surface area (Å²) in [6, 6.07) is 8.54. The van der Waals surface area contributed by atoms with Gasteiger partial charge in [-0.15, -0.1) is 11.8 Å². The number of benzene rings is 1. The van der Waals surface area contributed by atoms with Crippen LogP contribution in [0.2, 0.25) is 0 Å². The van der Waals surface area contributed by atoms with E-state index < -0.39 is 0 Å². The molecule has 1 fully saturated rings. The van der Waals surface area contributed by atoms with Gasteiger partial charge in [0.1, 0.15) is 0 Å². The summed E-state index contributed by atoms with van der Waals surface area (Å²) in [6.07, 6.45) is 0. The van der Waals surface area contributed by atoms with Crippen molar-refractivity contribution in [3.63, 3.8) is 0 Å². The van der Waals surface area contributed by atoms with Gasteiger partial charge in [-0.3, -0.25) is 4.79 Å². The minimum atomic E-state index is 0.290. The topological polar surface area (TPSA) is 23.6 Å². The molecule has 0 aliphatic carbocycles. The number of hydrogen-bond acceptors (Lipinski definition) is 3. The van der Waals surface area contributed by atoms with E-state index in [1.165, 1.54) is 11.1 Å². The number of aryl methyl sites for hydroxylation is 1. The van der Waals surface area contributed by atoms with E-state index in [1.54, 1.807) is 11.8 Å². The van der Waals surface area contributed by atoms with Crippen molar-refractivity contribution in [2.45, 2.75) is 19.6 Å². The third kappa shape index (κ3) is 4.53. The number of rotatable bonds is 5. The number of hydrogen-bond donors (Lipinski definition) is 0. The molecule has 1 amide bonds. The molecule has 110 valence electrons. The molecule has 1 aliphatic rings. The lowest BCUT2D eigenvalue weighted by atomic mass is 10.2. The van der Waals surface area contributed by atoms with Crippen LogP contribution in [0.15, 0.2) is 24.3 Å².